The average Bonchev–Trinajstić information content (AvgIpc) is 2.89. The second kappa shape index (κ2) is 5.37. The molecule has 21 heavy (non-hydrogen) atoms. The van der Waals surface area contributed by atoms with Crippen LogP contribution in [-0.2, 0) is 6.54 Å². The molecule has 3 rings (SSSR count). The SMILES string of the molecule is Cc1ccc(NCc2nc3c(F)c(F)cc(F)c3s2)cc1. The number of fused-ring (bicyclic) bond motifs is 1. The number of anilines is 1. The summed E-state index contributed by atoms with van der Waals surface area (Å²) in [5, 5.41) is 3.61. The van der Waals surface area contributed by atoms with E-state index in [1.807, 2.05) is 31.2 Å². The van der Waals surface area contributed by atoms with Gasteiger partial charge in [-0.1, -0.05) is 17.7 Å². The first-order valence-electron chi connectivity index (χ1n) is 6.28. The maximum Gasteiger partial charge on any atom is 0.186 e. The van der Waals surface area contributed by atoms with Crippen LogP contribution in [0.25, 0.3) is 10.2 Å². The van der Waals surface area contributed by atoms with E-state index in [9.17, 15) is 13.2 Å². The van der Waals surface area contributed by atoms with Crippen LogP contribution in [0.4, 0.5) is 18.9 Å². The van der Waals surface area contributed by atoms with Crippen molar-refractivity contribution in [2.24, 2.45) is 0 Å². The van der Waals surface area contributed by atoms with Crippen LogP contribution in [0.3, 0.4) is 0 Å². The van der Waals surface area contributed by atoms with Gasteiger partial charge < -0.3 is 5.32 Å². The van der Waals surface area contributed by atoms with E-state index in [4.69, 9.17) is 0 Å². The Bertz CT molecular complexity index is 797. The standard InChI is InChI=1S/C15H11F3N2S/c1-8-2-4-9(5-3-8)19-7-12-20-14-13(18)10(16)6-11(17)15(14)21-12/h2-6,19H,7H2,1H3. The van der Waals surface area contributed by atoms with Crippen molar-refractivity contribution in [3.63, 3.8) is 0 Å². The Morgan fingerprint density at radius 1 is 1.10 bits per heavy atom. The largest absolute Gasteiger partial charge is 0.379 e. The third kappa shape index (κ3) is 2.71. The van der Waals surface area contributed by atoms with Crippen LogP contribution >= 0.6 is 11.3 Å². The molecule has 0 spiro atoms. The van der Waals surface area contributed by atoms with Gasteiger partial charge in [-0.25, -0.2) is 18.2 Å². The molecular weight excluding hydrogens is 297 g/mol. The van der Waals surface area contributed by atoms with Gasteiger partial charge in [-0.2, -0.15) is 0 Å². The highest BCUT2D eigenvalue weighted by Gasteiger charge is 2.17. The fourth-order valence-electron chi connectivity index (χ4n) is 1.95. The quantitative estimate of drug-likeness (QED) is 0.713. The number of halogens is 3. The molecule has 0 aliphatic rings. The van der Waals surface area contributed by atoms with Gasteiger partial charge in [0.15, 0.2) is 11.6 Å². The fourth-order valence-corrected chi connectivity index (χ4v) is 2.86. The summed E-state index contributed by atoms with van der Waals surface area (Å²) in [5.74, 6) is -3.12. The molecule has 0 amide bonds. The molecule has 0 aliphatic heterocycles. The number of hydrogen-bond donors (Lipinski definition) is 1. The molecule has 6 heteroatoms. The summed E-state index contributed by atoms with van der Waals surface area (Å²) in [5.41, 5.74) is 1.77. The van der Waals surface area contributed by atoms with E-state index in [-0.39, 0.29) is 10.2 Å². The molecule has 1 aromatic heterocycles. The number of nitrogens with one attached hydrogen (secondary N) is 1. The van der Waals surface area contributed by atoms with Crippen molar-refractivity contribution < 1.29 is 13.2 Å². The number of nitrogens with zero attached hydrogens (tertiary/aromatic N) is 1. The van der Waals surface area contributed by atoms with Crippen LogP contribution in [-0.4, -0.2) is 4.98 Å². The van der Waals surface area contributed by atoms with Gasteiger partial charge in [0.25, 0.3) is 0 Å². The number of rotatable bonds is 3. The Hall–Kier alpha value is -2.08. The summed E-state index contributed by atoms with van der Waals surface area (Å²) in [6.07, 6.45) is 0. The van der Waals surface area contributed by atoms with E-state index in [1.54, 1.807) is 0 Å². The number of aryl methyl sites for hydroxylation is 1. The zero-order valence-corrected chi connectivity index (χ0v) is 11.9. The van der Waals surface area contributed by atoms with Crippen molar-refractivity contribution in [2.75, 3.05) is 5.32 Å². The number of hydrogen-bond acceptors (Lipinski definition) is 3. The van der Waals surface area contributed by atoms with Crippen LogP contribution < -0.4 is 5.32 Å². The number of thiazole rings is 1. The molecule has 0 aliphatic carbocycles. The lowest BCUT2D eigenvalue weighted by Gasteiger charge is -2.03. The Morgan fingerprint density at radius 3 is 2.52 bits per heavy atom. The van der Waals surface area contributed by atoms with Gasteiger partial charge in [-0.15, -0.1) is 11.3 Å². The van der Waals surface area contributed by atoms with Gasteiger partial charge in [0.2, 0.25) is 0 Å². The number of aromatic nitrogens is 1. The summed E-state index contributed by atoms with van der Waals surface area (Å²) < 4.78 is 40.4. The Morgan fingerprint density at radius 2 is 1.81 bits per heavy atom. The summed E-state index contributed by atoms with van der Waals surface area (Å²) >= 11 is 1.01. The molecule has 1 N–H and O–H groups in total. The Labute approximate surface area is 123 Å². The highest BCUT2D eigenvalue weighted by atomic mass is 32.1. The molecule has 0 saturated heterocycles. The van der Waals surface area contributed by atoms with Gasteiger partial charge >= 0.3 is 0 Å². The molecule has 0 radical (unpaired) electrons. The molecule has 0 unspecified atom stereocenters. The molecule has 3 aromatic rings. The summed E-state index contributed by atoms with van der Waals surface area (Å²) in [7, 11) is 0. The van der Waals surface area contributed by atoms with Gasteiger partial charge in [-0.3, -0.25) is 0 Å². The Kier molecular flexibility index (Phi) is 3.55. The van der Waals surface area contributed by atoms with E-state index in [1.165, 1.54) is 0 Å². The summed E-state index contributed by atoms with van der Waals surface area (Å²) in [4.78, 5) is 3.97. The smallest absolute Gasteiger partial charge is 0.186 e. The molecule has 0 saturated carbocycles. The van der Waals surface area contributed by atoms with Gasteiger partial charge in [0.05, 0.1) is 11.2 Å². The van der Waals surface area contributed by atoms with Crippen LogP contribution in [0.2, 0.25) is 0 Å². The first kappa shape index (κ1) is 13.9. The first-order chi connectivity index (χ1) is 10.0. The lowest BCUT2D eigenvalue weighted by atomic mass is 10.2. The average molecular weight is 308 g/mol. The van der Waals surface area contributed by atoms with E-state index < -0.39 is 17.5 Å². The molecule has 0 atom stereocenters. The van der Waals surface area contributed by atoms with Gasteiger partial charge in [0.1, 0.15) is 16.3 Å². The molecule has 0 bridgehead atoms. The monoisotopic (exact) mass is 308 g/mol. The van der Waals surface area contributed by atoms with Gasteiger partial charge in [-0.05, 0) is 19.1 Å². The third-order valence-corrected chi connectivity index (χ3v) is 4.12. The fraction of sp³-hybridized carbons (Fsp3) is 0.133. The van der Waals surface area contributed by atoms with Crippen LogP contribution in [0.1, 0.15) is 10.6 Å². The van der Waals surface area contributed by atoms with Crippen molar-refractivity contribution in [3.8, 4) is 0 Å². The van der Waals surface area contributed by atoms with E-state index in [2.05, 4.69) is 10.3 Å². The first-order valence-corrected chi connectivity index (χ1v) is 7.09. The third-order valence-electron chi connectivity index (χ3n) is 3.05. The minimum atomic E-state index is -1.22. The molecule has 1 heterocycles. The molecular formula is C15H11F3N2S. The second-order valence-corrected chi connectivity index (χ2v) is 5.74. The zero-order valence-electron chi connectivity index (χ0n) is 11.1. The second-order valence-electron chi connectivity index (χ2n) is 4.66. The summed E-state index contributed by atoms with van der Waals surface area (Å²) in [6, 6.07) is 8.27. The highest BCUT2D eigenvalue weighted by molar-refractivity contribution is 7.18. The van der Waals surface area contributed by atoms with Crippen LogP contribution in [0.5, 0.6) is 0 Å². The molecule has 108 valence electrons. The van der Waals surface area contributed by atoms with Crippen LogP contribution in [0, 0.1) is 24.4 Å². The minimum Gasteiger partial charge on any atom is -0.379 e. The normalized spacial score (nSPS) is 11.0. The van der Waals surface area contributed by atoms with Crippen LogP contribution in [0.15, 0.2) is 30.3 Å². The predicted molar refractivity (Wildman–Crippen MR) is 78.0 cm³/mol. The predicted octanol–water partition coefficient (Wildman–Crippen LogP) is 4.63. The van der Waals surface area contributed by atoms with Crippen molar-refractivity contribution in [3.05, 3.63) is 58.4 Å². The lowest BCUT2D eigenvalue weighted by Crippen LogP contribution is -1.98. The highest BCUT2D eigenvalue weighted by Crippen LogP contribution is 2.29. The van der Waals surface area contributed by atoms with Crippen molar-refractivity contribution in [1.82, 2.24) is 4.98 Å². The molecule has 2 nitrogen and oxygen atoms in total. The van der Waals surface area contributed by atoms with Crippen molar-refractivity contribution in [2.45, 2.75) is 13.5 Å². The minimum absolute atomic E-state index is 0.0367. The molecule has 2 aromatic carbocycles. The Balaban J connectivity index is 1.86. The van der Waals surface area contributed by atoms with Crippen molar-refractivity contribution >= 4 is 27.2 Å². The van der Waals surface area contributed by atoms with Gasteiger partial charge in [0, 0.05) is 11.8 Å². The number of benzene rings is 2. The van der Waals surface area contributed by atoms with E-state index >= 15 is 0 Å². The van der Waals surface area contributed by atoms with E-state index in [0.29, 0.717) is 17.6 Å². The van der Waals surface area contributed by atoms with Crippen molar-refractivity contribution in [1.29, 1.82) is 0 Å². The summed E-state index contributed by atoms with van der Waals surface area (Å²) in [6.45, 7) is 2.31. The molecule has 0 fully saturated rings. The lowest BCUT2D eigenvalue weighted by molar-refractivity contribution is 0.504. The topological polar surface area (TPSA) is 24.9 Å². The maximum atomic E-state index is 13.6. The zero-order chi connectivity index (χ0) is 15.0. The van der Waals surface area contributed by atoms with E-state index in [0.717, 1.165) is 22.6 Å². The maximum absolute atomic E-state index is 13.6.